The summed E-state index contributed by atoms with van der Waals surface area (Å²) in [5, 5.41) is 9.31. The number of aromatic nitrogens is 2. The Kier molecular flexibility index (Phi) is 6.31. The van der Waals surface area contributed by atoms with Gasteiger partial charge in [-0.1, -0.05) is 35.9 Å². The molecule has 2 rings (SSSR count). The average molecular weight is 326 g/mol. The Hall–Kier alpha value is -2.89. The third kappa shape index (κ3) is 5.72. The Morgan fingerprint density at radius 2 is 2.00 bits per heavy atom. The summed E-state index contributed by atoms with van der Waals surface area (Å²) in [6, 6.07) is 10.2. The lowest BCUT2D eigenvalue weighted by molar-refractivity contribution is -0.121. The molecule has 0 unspecified atom stereocenters. The van der Waals surface area contributed by atoms with E-state index < -0.39 is 0 Å². The summed E-state index contributed by atoms with van der Waals surface area (Å²) in [5.41, 5.74) is 2.83. The van der Waals surface area contributed by atoms with Crippen LogP contribution in [-0.2, 0) is 22.6 Å². The van der Waals surface area contributed by atoms with Gasteiger partial charge in [0.2, 0.25) is 11.8 Å². The van der Waals surface area contributed by atoms with Gasteiger partial charge in [0.05, 0.1) is 11.9 Å². The van der Waals surface area contributed by atoms with Crippen molar-refractivity contribution in [1.29, 1.82) is 0 Å². The molecule has 2 amide bonds. The van der Waals surface area contributed by atoms with Gasteiger partial charge in [-0.05, 0) is 25.3 Å². The van der Waals surface area contributed by atoms with E-state index in [9.17, 15) is 9.59 Å². The van der Waals surface area contributed by atoms with Crippen molar-refractivity contribution in [3.05, 3.63) is 59.9 Å². The molecule has 0 atom stereocenters. The van der Waals surface area contributed by atoms with E-state index in [0.717, 1.165) is 18.4 Å². The fourth-order valence-corrected chi connectivity index (χ4v) is 2.20. The van der Waals surface area contributed by atoms with E-state index in [4.69, 9.17) is 0 Å². The first kappa shape index (κ1) is 17.5. The number of nitrogens with one attached hydrogen (secondary N) is 2. The first-order valence-electron chi connectivity index (χ1n) is 7.82. The lowest BCUT2D eigenvalue weighted by atomic mass is 10.1. The molecule has 0 spiro atoms. The monoisotopic (exact) mass is 326 g/mol. The van der Waals surface area contributed by atoms with Gasteiger partial charge in [-0.3, -0.25) is 14.3 Å². The van der Waals surface area contributed by atoms with Crippen LogP contribution in [0.2, 0.25) is 0 Å². The zero-order chi connectivity index (χ0) is 17.4. The second-order valence-electron chi connectivity index (χ2n) is 5.57. The normalized spacial score (nSPS) is 11.2. The van der Waals surface area contributed by atoms with E-state index in [1.165, 1.54) is 16.4 Å². The van der Waals surface area contributed by atoms with E-state index in [1.54, 1.807) is 19.3 Å². The van der Waals surface area contributed by atoms with Gasteiger partial charge < -0.3 is 10.6 Å². The smallest absolute Gasteiger partial charge is 0.248 e. The molecule has 1 heterocycles. The molecule has 0 aliphatic heterocycles. The Balaban J connectivity index is 1.84. The van der Waals surface area contributed by atoms with Crippen LogP contribution in [0.1, 0.15) is 18.9 Å². The molecule has 0 saturated carbocycles. The molecule has 0 bridgehead atoms. The van der Waals surface area contributed by atoms with Crippen LogP contribution >= 0.6 is 0 Å². The van der Waals surface area contributed by atoms with Crippen molar-refractivity contribution in [2.24, 2.45) is 0 Å². The second kappa shape index (κ2) is 8.67. The zero-order valence-electron chi connectivity index (χ0n) is 14.0. The number of anilines is 1. The van der Waals surface area contributed by atoms with E-state index in [-0.39, 0.29) is 18.4 Å². The zero-order valence-corrected chi connectivity index (χ0v) is 14.0. The molecule has 0 radical (unpaired) electrons. The topological polar surface area (TPSA) is 76.0 Å². The Labute approximate surface area is 141 Å². The van der Waals surface area contributed by atoms with Crippen LogP contribution in [0.5, 0.6) is 0 Å². The van der Waals surface area contributed by atoms with Crippen molar-refractivity contribution < 1.29 is 9.59 Å². The maximum atomic E-state index is 12.0. The third-order valence-corrected chi connectivity index (χ3v) is 3.51. The maximum Gasteiger partial charge on any atom is 0.248 e. The van der Waals surface area contributed by atoms with Gasteiger partial charge in [0.25, 0.3) is 0 Å². The number of aryl methyl sites for hydroxylation is 1. The maximum absolute atomic E-state index is 12.0. The molecular formula is C18H22N4O2. The number of rotatable bonds is 7. The van der Waals surface area contributed by atoms with Crippen LogP contribution in [0.3, 0.4) is 0 Å². The lowest BCUT2D eigenvalue weighted by Crippen LogP contribution is -2.23. The first-order chi connectivity index (χ1) is 11.6. The second-order valence-corrected chi connectivity index (χ2v) is 5.57. The van der Waals surface area contributed by atoms with E-state index in [2.05, 4.69) is 27.9 Å². The van der Waals surface area contributed by atoms with Crippen molar-refractivity contribution in [3.8, 4) is 0 Å². The highest BCUT2D eigenvalue weighted by Gasteiger charge is 2.05. The van der Waals surface area contributed by atoms with Crippen molar-refractivity contribution >= 4 is 17.5 Å². The minimum absolute atomic E-state index is 0.123. The fourth-order valence-electron chi connectivity index (χ4n) is 2.20. The number of hydrogen-bond donors (Lipinski definition) is 2. The Morgan fingerprint density at radius 3 is 2.71 bits per heavy atom. The number of carbonyl (C=O) groups excluding carboxylic acids is 2. The van der Waals surface area contributed by atoms with Gasteiger partial charge in [0, 0.05) is 19.3 Å². The minimum Gasteiger partial charge on any atom is -0.358 e. The molecule has 0 saturated heterocycles. The molecule has 6 heteroatoms. The van der Waals surface area contributed by atoms with Gasteiger partial charge in [-0.15, -0.1) is 0 Å². The molecule has 24 heavy (non-hydrogen) atoms. The highest BCUT2D eigenvalue weighted by Crippen LogP contribution is 2.10. The van der Waals surface area contributed by atoms with Crippen LogP contribution < -0.4 is 10.6 Å². The number of carbonyl (C=O) groups is 2. The molecule has 2 aromatic rings. The van der Waals surface area contributed by atoms with Gasteiger partial charge in [0.15, 0.2) is 0 Å². The molecule has 6 nitrogen and oxygen atoms in total. The van der Waals surface area contributed by atoms with E-state index >= 15 is 0 Å². The lowest BCUT2D eigenvalue weighted by Gasteiger charge is -2.03. The summed E-state index contributed by atoms with van der Waals surface area (Å²) in [6.07, 6.45) is 6.47. The number of hydrogen-bond acceptors (Lipinski definition) is 3. The van der Waals surface area contributed by atoms with Crippen molar-refractivity contribution in [1.82, 2.24) is 15.1 Å². The summed E-state index contributed by atoms with van der Waals surface area (Å²) in [5.74, 6) is -0.340. The number of benzene rings is 1. The first-order valence-corrected chi connectivity index (χ1v) is 7.82. The van der Waals surface area contributed by atoms with Crippen LogP contribution in [0.4, 0.5) is 5.69 Å². The average Bonchev–Trinajstić information content (AvgIpc) is 3.00. The SMILES string of the molecule is CNC(=O)Cn1cc(NC(=O)/C=C(\C)CCc2ccccc2)cn1. The molecule has 1 aromatic carbocycles. The molecule has 126 valence electrons. The number of likely N-dealkylation sites (N-methyl/N-ethyl adjacent to an activating group) is 1. The van der Waals surface area contributed by atoms with E-state index in [0.29, 0.717) is 5.69 Å². The van der Waals surface area contributed by atoms with Crippen molar-refractivity contribution in [2.75, 3.05) is 12.4 Å². The van der Waals surface area contributed by atoms with Crippen LogP contribution in [0.25, 0.3) is 0 Å². The fraction of sp³-hybridized carbons (Fsp3) is 0.278. The van der Waals surface area contributed by atoms with Crippen LogP contribution in [0, 0.1) is 0 Å². The highest BCUT2D eigenvalue weighted by atomic mass is 16.2. The largest absolute Gasteiger partial charge is 0.358 e. The molecule has 0 aliphatic carbocycles. The highest BCUT2D eigenvalue weighted by molar-refractivity contribution is 5.99. The number of allylic oxidation sites excluding steroid dienone is 1. The Bertz CT molecular complexity index is 720. The van der Waals surface area contributed by atoms with Gasteiger partial charge in [-0.2, -0.15) is 5.10 Å². The molecular weight excluding hydrogens is 304 g/mol. The molecule has 2 N–H and O–H groups in total. The standard InChI is InChI=1S/C18H22N4O2/c1-14(8-9-15-6-4-3-5-7-15)10-17(23)21-16-11-20-22(12-16)13-18(24)19-2/h3-7,10-12H,8-9,13H2,1-2H3,(H,19,24)(H,21,23)/b14-10+. The predicted octanol–water partition coefficient (Wildman–Crippen LogP) is 2.15. The Morgan fingerprint density at radius 1 is 1.25 bits per heavy atom. The number of nitrogens with zero attached hydrogens (tertiary/aromatic N) is 2. The van der Waals surface area contributed by atoms with Crippen LogP contribution in [0.15, 0.2) is 54.4 Å². The summed E-state index contributed by atoms with van der Waals surface area (Å²) in [7, 11) is 1.57. The van der Waals surface area contributed by atoms with Gasteiger partial charge in [0.1, 0.15) is 6.54 Å². The van der Waals surface area contributed by atoms with Crippen molar-refractivity contribution in [3.63, 3.8) is 0 Å². The quantitative estimate of drug-likeness (QED) is 0.766. The summed E-state index contributed by atoms with van der Waals surface area (Å²) in [4.78, 5) is 23.3. The number of amides is 2. The predicted molar refractivity (Wildman–Crippen MR) is 93.4 cm³/mol. The molecule has 0 fully saturated rings. The summed E-state index contributed by atoms with van der Waals surface area (Å²) >= 11 is 0. The van der Waals surface area contributed by atoms with Gasteiger partial charge in [-0.25, -0.2) is 0 Å². The summed E-state index contributed by atoms with van der Waals surface area (Å²) in [6.45, 7) is 2.07. The molecule has 1 aromatic heterocycles. The minimum atomic E-state index is -0.194. The third-order valence-electron chi connectivity index (χ3n) is 3.51. The van der Waals surface area contributed by atoms with Crippen LogP contribution in [-0.4, -0.2) is 28.6 Å². The molecule has 0 aliphatic rings. The van der Waals surface area contributed by atoms with E-state index in [1.807, 2.05) is 25.1 Å². The summed E-state index contributed by atoms with van der Waals surface area (Å²) < 4.78 is 1.47. The van der Waals surface area contributed by atoms with Gasteiger partial charge >= 0.3 is 0 Å². The van der Waals surface area contributed by atoms with Crippen molar-refractivity contribution in [2.45, 2.75) is 26.3 Å².